The zero-order valence-electron chi connectivity index (χ0n) is 17.6. The molecule has 7 heteroatoms. The van der Waals surface area contributed by atoms with E-state index in [0.29, 0.717) is 28.5 Å². The average molecular weight is 493 g/mol. The largest absolute Gasteiger partial charge is 0.502 e. The molecular formula is C25H21BrN2O4. The highest BCUT2D eigenvalue weighted by atomic mass is 79.9. The number of nitrogens with one attached hydrogen (secondary N) is 1. The molecule has 3 aromatic carbocycles. The van der Waals surface area contributed by atoms with Crippen LogP contribution in [0.2, 0.25) is 0 Å². The molecule has 0 fully saturated rings. The third-order valence-corrected chi connectivity index (χ3v) is 6.79. The number of benzene rings is 3. The van der Waals surface area contributed by atoms with Gasteiger partial charge in [0.25, 0.3) is 0 Å². The van der Waals surface area contributed by atoms with E-state index in [0.717, 1.165) is 27.6 Å². The molecule has 0 saturated carbocycles. The van der Waals surface area contributed by atoms with Gasteiger partial charge >= 0.3 is 5.69 Å². The Morgan fingerprint density at radius 3 is 2.66 bits per heavy atom. The predicted octanol–water partition coefficient (Wildman–Crippen LogP) is 6.53. The molecule has 2 aliphatic rings. The maximum atomic E-state index is 13.5. The predicted molar refractivity (Wildman–Crippen MR) is 128 cm³/mol. The number of carbonyl (C=O) groups is 1. The molecule has 6 nitrogen and oxygen atoms in total. The second-order valence-corrected chi connectivity index (χ2v) is 10.2. The minimum Gasteiger partial charge on any atom is -0.502 e. The lowest BCUT2D eigenvalue weighted by molar-refractivity contribution is -0.386. The standard InChI is InChI=1S/C25H21BrN2O4/c1-25(2)11-17-21-15-6-4-3-5-13(15)7-8-18(21)27-23(22(17)20(29)12-25)16-9-14(26)10-19(24(16)30)28(31)32/h3-10,23,27,30H,11-12H2,1-2H3/t23-/m1/s1. The van der Waals surface area contributed by atoms with Crippen LogP contribution >= 0.6 is 15.9 Å². The highest BCUT2D eigenvalue weighted by Gasteiger charge is 2.42. The Morgan fingerprint density at radius 2 is 1.91 bits per heavy atom. The summed E-state index contributed by atoms with van der Waals surface area (Å²) in [7, 11) is 0. The highest BCUT2D eigenvalue weighted by Crippen LogP contribution is 2.53. The van der Waals surface area contributed by atoms with Crippen molar-refractivity contribution in [3.63, 3.8) is 0 Å². The summed E-state index contributed by atoms with van der Waals surface area (Å²) in [5.74, 6) is -0.432. The molecule has 1 heterocycles. The SMILES string of the molecule is CC1(C)CC(=O)C2=C(C1)c1c(ccc3ccccc13)N[C@@H]2c1cc(Br)cc([N+](=O)[O-])c1O. The number of aromatic hydroxyl groups is 1. The quantitative estimate of drug-likeness (QED) is 0.313. The molecule has 1 aliphatic heterocycles. The second-order valence-electron chi connectivity index (χ2n) is 9.24. The number of fused-ring (bicyclic) bond motifs is 4. The molecule has 0 unspecified atom stereocenters. The van der Waals surface area contributed by atoms with Crippen LogP contribution in [-0.4, -0.2) is 15.8 Å². The van der Waals surface area contributed by atoms with E-state index in [9.17, 15) is 20.0 Å². The first-order valence-corrected chi connectivity index (χ1v) is 11.2. The summed E-state index contributed by atoms with van der Waals surface area (Å²) in [5.41, 5.74) is 3.08. The third kappa shape index (κ3) is 3.19. The summed E-state index contributed by atoms with van der Waals surface area (Å²) in [5, 5.41) is 27.9. The summed E-state index contributed by atoms with van der Waals surface area (Å²) >= 11 is 3.32. The van der Waals surface area contributed by atoms with Gasteiger partial charge in [0.1, 0.15) is 0 Å². The molecule has 0 radical (unpaired) electrons. The fourth-order valence-electron chi connectivity index (χ4n) is 5.04. The zero-order chi connectivity index (χ0) is 22.8. The van der Waals surface area contributed by atoms with E-state index in [-0.39, 0.29) is 11.2 Å². The lowest BCUT2D eigenvalue weighted by Gasteiger charge is -2.40. The molecule has 3 aromatic rings. The number of hydrogen-bond donors (Lipinski definition) is 2. The molecule has 5 rings (SSSR count). The first kappa shape index (κ1) is 20.7. The summed E-state index contributed by atoms with van der Waals surface area (Å²) < 4.78 is 0.467. The van der Waals surface area contributed by atoms with Crippen LogP contribution in [0.3, 0.4) is 0 Å². The van der Waals surface area contributed by atoms with Crippen molar-refractivity contribution in [2.75, 3.05) is 5.32 Å². The molecule has 2 N–H and O–H groups in total. The lowest BCUT2D eigenvalue weighted by Crippen LogP contribution is -2.33. The number of phenols is 1. The van der Waals surface area contributed by atoms with Crippen LogP contribution in [0.25, 0.3) is 16.3 Å². The zero-order valence-corrected chi connectivity index (χ0v) is 19.2. The monoisotopic (exact) mass is 492 g/mol. The van der Waals surface area contributed by atoms with E-state index in [1.165, 1.54) is 6.07 Å². The van der Waals surface area contributed by atoms with Crippen LogP contribution in [0.15, 0.2) is 58.6 Å². The molecule has 0 amide bonds. The molecule has 0 bridgehead atoms. The minimum atomic E-state index is -0.682. The van der Waals surface area contributed by atoms with Crippen LogP contribution in [0.5, 0.6) is 5.75 Å². The van der Waals surface area contributed by atoms with Crippen molar-refractivity contribution in [2.24, 2.45) is 5.41 Å². The van der Waals surface area contributed by atoms with Crippen LogP contribution in [0, 0.1) is 15.5 Å². The fourth-order valence-corrected chi connectivity index (χ4v) is 5.50. The van der Waals surface area contributed by atoms with Crippen molar-refractivity contribution in [3.05, 3.63) is 79.8 Å². The first-order chi connectivity index (χ1) is 15.2. The normalized spacial score (nSPS) is 19.3. The summed E-state index contributed by atoms with van der Waals surface area (Å²) in [6.45, 7) is 4.16. The van der Waals surface area contributed by atoms with Crippen molar-refractivity contribution in [2.45, 2.75) is 32.7 Å². The maximum absolute atomic E-state index is 13.5. The second kappa shape index (κ2) is 7.17. The van der Waals surface area contributed by atoms with Gasteiger partial charge in [-0.25, -0.2) is 0 Å². The number of allylic oxidation sites excluding steroid dienone is 1. The fraction of sp³-hybridized carbons (Fsp3) is 0.240. The number of hydrogen-bond acceptors (Lipinski definition) is 5. The molecule has 162 valence electrons. The number of nitrogens with zero attached hydrogens (tertiary/aromatic N) is 1. The molecular weight excluding hydrogens is 472 g/mol. The smallest absolute Gasteiger partial charge is 0.312 e. The van der Waals surface area contributed by atoms with Crippen molar-refractivity contribution in [1.82, 2.24) is 0 Å². The van der Waals surface area contributed by atoms with Crippen LogP contribution in [0.1, 0.15) is 43.9 Å². The Kier molecular flexibility index (Phi) is 4.64. The third-order valence-electron chi connectivity index (χ3n) is 6.33. The molecule has 0 saturated heterocycles. The van der Waals surface area contributed by atoms with Gasteiger partial charge in [-0.15, -0.1) is 0 Å². The van der Waals surface area contributed by atoms with Crippen molar-refractivity contribution in [3.8, 4) is 5.75 Å². The molecule has 1 aliphatic carbocycles. The van der Waals surface area contributed by atoms with Crippen LogP contribution in [0.4, 0.5) is 11.4 Å². The maximum Gasteiger partial charge on any atom is 0.312 e. The van der Waals surface area contributed by atoms with Gasteiger partial charge < -0.3 is 10.4 Å². The van der Waals surface area contributed by atoms with Crippen molar-refractivity contribution in [1.29, 1.82) is 0 Å². The van der Waals surface area contributed by atoms with Gasteiger partial charge in [0.05, 0.1) is 11.0 Å². The first-order valence-electron chi connectivity index (χ1n) is 10.4. The van der Waals surface area contributed by atoms with E-state index in [1.807, 2.05) is 36.4 Å². The number of Topliss-reactive ketones (excluding diaryl/α,β-unsaturated/α-hetero) is 1. The lowest BCUT2D eigenvalue weighted by atomic mass is 9.67. The van der Waals surface area contributed by atoms with Crippen molar-refractivity contribution >= 4 is 49.4 Å². The van der Waals surface area contributed by atoms with Gasteiger partial charge in [0.15, 0.2) is 11.5 Å². The van der Waals surface area contributed by atoms with E-state index < -0.39 is 22.4 Å². The van der Waals surface area contributed by atoms with Crippen LogP contribution in [-0.2, 0) is 4.79 Å². The van der Waals surface area contributed by atoms with E-state index >= 15 is 0 Å². The minimum absolute atomic E-state index is 0.00522. The number of anilines is 1. The number of rotatable bonds is 2. The van der Waals surface area contributed by atoms with Crippen LogP contribution < -0.4 is 5.32 Å². The number of nitro benzene ring substituents is 1. The highest BCUT2D eigenvalue weighted by molar-refractivity contribution is 9.10. The number of carbonyl (C=O) groups excluding carboxylic acids is 1. The Balaban J connectivity index is 1.82. The average Bonchev–Trinajstić information content (AvgIpc) is 2.73. The Labute approximate surface area is 193 Å². The van der Waals surface area contributed by atoms with Crippen molar-refractivity contribution < 1.29 is 14.8 Å². The van der Waals surface area contributed by atoms with E-state index in [4.69, 9.17) is 0 Å². The topological polar surface area (TPSA) is 92.5 Å². The number of ketones is 1. The number of nitro groups is 1. The Morgan fingerprint density at radius 1 is 1.16 bits per heavy atom. The van der Waals surface area contributed by atoms with E-state index in [2.05, 4.69) is 35.1 Å². The summed E-state index contributed by atoms with van der Waals surface area (Å²) in [6.07, 6.45) is 1.07. The summed E-state index contributed by atoms with van der Waals surface area (Å²) in [6, 6.07) is 14.3. The van der Waals surface area contributed by atoms with Gasteiger partial charge in [0.2, 0.25) is 0 Å². The number of phenolic OH excluding ortho intramolecular Hbond substituents is 1. The molecule has 32 heavy (non-hydrogen) atoms. The van der Waals surface area contributed by atoms with Gasteiger partial charge in [-0.3, -0.25) is 14.9 Å². The van der Waals surface area contributed by atoms with Gasteiger partial charge in [-0.05, 0) is 40.3 Å². The summed E-state index contributed by atoms with van der Waals surface area (Å²) in [4.78, 5) is 24.4. The van der Waals surface area contributed by atoms with Gasteiger partial charge in [-0.1, -0.05) is 60.1 Å². The molecule has 1 atom stereocenters. The number of halogens is 1. The van der Waals surface area contributed by atoms with Gasteiger partial charge in [-0.2, -0.15) is 0 Å². The molecule has 0 spiro atoms. The Bertz CT molecular complexity index is 1360. The van der Waals surface area contributed by atoms with E-state index in [1.54, 1.807) is 6.07 Å². The Hall–Kier alpha value is -3.19. The van der Waals surface area contributed by atoms with Gasteiger partial charge in [0, 0.05) is 39.3 Å². The molecule has 0 aromatic heterocycles.